The largest absolute Gasteiger partial charge is 0.354 e. The molecule has 0 atom stereocenters. The molecule has 4 rings (SSSR count). The first kappa shape index (κ1) is 18.5. The molecule has 0 amide bonds. The highest BCUT2D eigenvalue weighted by Gasteiger charge is 2.18. The lowest BCUT2D eigenvalue weighted by atomic mass is 10.1. The van der Waals surface area contributed by atoms with E-state index < -0.39 is 0 Å². The molecule has 2 aromatic heterocycles. The molecule has 4 aromatic rings. The Morgan fingerprint density at radius 3 is 2.54 bits per heavy atom. The Balaban J connectivity index is 1.84. The second-order valence-corrected chi connectivity index (χ2v) is 7.47. The van der Waals surface area contributed by atoms with E-state index in [1.807, 2.05) is 61.5 Å². The van der Waals surface area contributed by atoms with Crippen LogP contribution in [0.4, 0.5) is 0 Å². The molecular weight excluding hydrogens is 390 g/mol. The second-order valence-electron chi connectivity index (χ2n) is 6.19. The Morgan fingerprint density at radius 2 is 1.82 bits per heavy atom. The van der Waals surface area contributed by atoms with Crippen molar-refractivity contribution in [2.45, 2.75) is 6.92 Å². The Hall–Kier alpha value is -2.89. The van der Waals surface area contributed by atoms with Crippen molar-refractivity contribution in [2.24, 2.45) is 4.99 Å². The number of rotatable bonds is 4. The number of aryl methyl sites for hydroxylation is 1. The van der Waals surface area contributed by atoms with Gasteiger partial charge in [-0.25, -0.2) is 0 Å². The maximum absolute atomic E-state index is 5.97. The van der Waals surface area contributed by atoms with Crippen LogP contribution in [0.3, 0.4) is 0 Å². The van der Waals surface area contributed by atoms with E-state index in [0.717, 1.165) is 33.0 Å². The van der Waals surface area contributed by atoms with E-state index in [4.69, 9.17) is 16.1 Å². The molecule has 0 aliphatic carbocycles. The average molecular weight is 408 g/mol. The molecule has 0 fully saturated rings. The van der Waals surface area contributed by atoms with Gasteiger partial charge in [0.05, 0.1) is 5.69 Å². The molecule has 0 bridgehead atoms. The van der Waals surface area contributed by atoms with Gasteiger partial charge in [-0.2, -0.15) is 0 Å². The summed E-state index contributed by atoms with van der Waals surface area (Å²) < 4.78 is 7.74. The summed E-state index contributed by atoms with van der Waals surface area (Å²) in [5, 5.41) is 7.02. The van der Waals surface area contributed by atoms with Gasteiger partial charge in [0.15, 0.2) is 10.6 Å². The van der Waals surface area contributed by atoms with Gasteiger partial charge in [-0.15, -0.1) is 11.3 Å². The molecule has 0 saturated carbocycles. The highest BCUT2D eigenvalue weighted by Crippen LogP contribution is 2.28. The Labute approximate surface area is 172 Å². The topological polar surface area (TPSA) is 43.3 Å². The second kappa shape index (κ2) is 8.00. The van der Waals surface area contributed by atoms with Crippen molar-refractivity contribution in [1.82, 2.24) is 9.72 Å². The minimum atomic E-state index is 0.679. The van der Waals surface area contributed by atoms with Gasteiger partial charge in [-0.1, -0.05) is 65.3 Å². The summed E-state index contributed by atoms with van der Waals surface area (Å²) >= 11 is 7.56. The van der Waals surface area contributed by atoms with Gasteiger partial charge >= 0.3 is 0 Å². The van der Waals surface area contributed by atoms with E-state index in [9.17, 15) is 0 Å². The van der Waals surface area contributed by atoms with E-state index in [1.165, 1.54) is 0 Å². The summed E-state index contributed by atoms with van der Waals surface area (Å²) in [6.45, 7) is 1.94. The lowest BCUT2D eigenvalue weighted by Gasteiger charge is -2.08. The van der Waals surface area contributed by atoms with Crippen LogP contribution in [0.25, 0.3) is 29.1 Å². The number of hydrogen-bond donors (Lipinski definition) is 0. The summed E-state index contributed by atoms with van der Waals surface area (Å²) in [7, 11) is 1.79. The molecular formula is C22H18ClN3OS. The van der Waals surface area contributed by atoms with Gasteiger partial charge in [0.25, 0.3) is 0 Å². The van der Waals surface area contributed by atoms with E-state index in [-0.39, 0.29) is 0 Å². The van der Waals surface area contributed by atoms with Crippen LogP contribution in [0, 0.1) is 6.92 Å². The zero-order valence-electron chi connectivity index (χ0n) is 15.5. The van der Waals surface area contributed by atoms with Crippen LogP contribution < -0.4 is 4.80 Å². The normalized spacial score (nSPS) is 12.2. The summed E-state index contributed by atoms with van der Waals surface area (Å²) in [5.74, 6) is 0.679. The molecule has 0 saturated heterocycles. The highest BCUT2D eigenvalue weighted by molar-refractivity contribution is 7.07. The van der Waals surface area contributed by atoms with Crippen molar-refractivity contribution in [1.29, 1.82) is 0 Å². The minimum Gasteiger partial charge on any atom is -0.354 e. The number of halogens is 1. The number of aromatic nitrogens is 2. The Kier molecular flexibility index (Phi) is 5.28. The quantitative estimate of drug-likeness (QED) is 0.425. The molecule has 0 unspecified atom stereocenters. The SMILES string of the molecule is CN=c1scc(-c2ccccc2)n1-c1c(C)noc1/C=C/c1ccc(Cl)cc1. The van der Waals surface area contributed by atoms with E-state index in [2.05, 4.69) is 32.2 Å². The molecule has 4 nitrogen and oxygen atoms in total. The van der Waals surface area contributed by atoms with Crippen molar-refractivity contribution in [3.63, 3.8) is 0 Å². The smallest absolute Gasteiger partial charge is 0.189 e. The first-order valence-corrected chi connectivity index (χ1v) is 10.0. The predicted octanol–water partition coefficient (Wildman–Crippen LogP) is 5.86. The summed E-state index contributed by atoms with van der Waals surface area (Å²) in [6, 6.07) is 17.9. The number of hydrogen-bond acceptors (Lipinski definition) is 4. The van der Waals surface area contributed by atoms with Crippen molar-refractivity contribution >= 4 is 35.1 Å². The van der Waals surface area contributed by atoms with Gasteiger partial charge in [0.2, 0.25) is 0 Å². The van der Waals surface area contributed by atoms with Crippen LogP contribution >= 0.6 is 22.9 Å². The summed E-state index contributed by atoms with van der Waals surface area (Å²) in [4.78, 5) is 5.34. The molecule has 6 heteroatoms. The van der Waals surface area contributed by atoms with E-state index in [0.29, 0.717) is 10.8 Å². The maximum atomic E-state index is 5.97. The van der Waals surface area contributed by atoms with Crippen LogP contribution in [0.2, 0.25) is 5.02 Å². The van der Waals surface area contributed by atoms with E-state index >= 15 is 0 Å². The average Bonchev–Trinajstić information content (AvgIpc) is 3.30. The van der Waals surface area contributed by atoms with Gasteiger partial charge in [-0.3, -0.25) is 9.56 Å². The van der Waals surface area contributed by atoms with E-state index in [1.54, 1.807) is 18.4 Å². The van der Waals surface area contributed by atoms with Crippen molar-refractivity contribution < 1.29 is 4.52 Å². The molecule has 0 aliphatic rings. The van der Waals surface area contributed by atoms with Crippen molar-refractivity contribution in [3.8, 4) is 16.9 Å². The third-order valence-corrected chi connectivity index (χ3v) is 5.52. The number of benzene rings is 2. The minimum absolute atomic E-state index is 0.679. The zero-order valence-corrected chi connectivity index (χ0v) is 17.0. The van der Waals surface area contributed by atoms with Crippen molar-refractivity contribution in [2.75, 3.05) is 7.05 Å². The molecule has 0 aliphatic heterocycles. The fourth-order valence-corrected chi connectivity index (χ4v) is 3.99. The third-order valence-electron chi connectivity index (χ3n) is 4.35. The van der Waals surface area contributed by atoms with Gasteiger partial charge in [0, 0.05) is 17.5 Å². The molecule has 2 heterocycles. The van der Waals surface area contributed by atoms with Gasteiger partial charge < -0.3 is 4.52 Å². The highest BCUT2D eigenvalue weighted by atomic mass is 35.5. The maximum Gasteiger partial charge on any atom is 0.189 e. The summed E-state index contributed by atoms with van der Waals surface area (Å²) in [6.07, 6.45) is 3.91. The predicted molar refractivity (Wildman–Crippen MR) is 116 cm³/mol. The van der Waals surface area contributed by atoms with Crippen LogP contribution in [-0.4, -0.2) is 16.8 Å². The fourth-order valence-electron chi connectivity index (χ4n) is 3.00. The summed E-state index contributed by atoms with van der Waals surface area (Å²) in [5.41, 5.74) is 4.90. The van der Waals surface area contributed by atoms with Gasteiger partial charge in [-0.05, 0) is 36.3 Å². The molecule has 2 aromatic carbocycles. The standard InChI is InChI=1S/C22H18ClN3OS/c1-15-21(20(27-25-15)13-10-16-8-11-18(23)12-9-16)26-19(14-28-22(26)24-2)17-6-4-3-5-7-17/h3-14H,1-2H3/b13-10+,24-22?. The fraction of sp³-hybridized carbons (Fsp3) is 0.0909. The van der Waals surface area contributed by atoms with Crippen LogP contribution in [-0.2, 0) is 0 Å². The van der Waals surface area contributed by atoms with Gasteiger partial charge in [0.1, 0.15) is 11.4 Å². The molecule has 0 radical (unpaired) electrons. The third kappa shape index (κ3) is 3.59. The number of nitrogens with zero attached hydrogens (tertiary/aromatic N) is 3. The lowest BCUT2D eigenvalue weighted by molar-refractivity contribution is 0.408. The molecule has 28 heavy (non-hydrogen) atoms. The van der Waals surface area contributed by atoms with Crippen LogP contribution in [0.1, 0.15) is 17.0 Å². The van der Waals surface area contributed by atoms with Crippen LogP contribution in [0.15, 0.2) is 69.5 Å². The number of thiazole rings is 1. The molecule has 140 valence electrons. The molecule has 0 N–H and O–H groups in total. The monoisotopic (exact) mass is 407 g/mol. The zero-order chi connectivity index (χ0) is 19.5. The molecule has 0 spiro atoms. The van der Waals surface area contributed by atoms with Crippen molar-refractivity contribution in [3.05, 3.63) is 86.8 Å². The first-order chi connectivity index (χ1) is 13.7. The Morgan fingerprint density at radius 1 is 1.07 bits per heavy atom. The Bertz CT molecular complexity index is 1180. The lowest BCUT2D eigenvalue weighted by Crippen LogP contribution is -2.15. The first-order valence-electron chi connectivity index (χ1n) is 8.76. The van der Waals surface area contributed by atoms with Crippen LogP contribution in [0.5, 0.6) is 0 Å².